The number of ether oxygens (including phenoxy) is 2. The molecule has 3 saturated heterocycles. The number of thioether (sulfide) groups is 1. The van der Waals surface area contributed by atoms with Crippen molar-refractivity contribution >= 4 is 42.0 Å². The fourth-order valence-corrected chi connectivity index (χ4v) is 9.50. The van der Waals surface area contributed by atoms with Crippen molar-refractivity contribution in [2.75, 3.05) is 26.4 Å². The minimum Gasteiger partial charge on any atom is -0.507 e. The van der Waals surface area contributed by atoms with Gasteiger partial charge in [-0.25, -0.2) is 4.57 Å². The van der Waals surface area contributed by atoms with E-state index in [0.717, 1.165) is 4.32 Å². The van der Waals surface area contributed by atoms with Crippen LogP contribution in [0.2, 0.25) is 0 Å². The molecule has 0 bridgehead atoms. The van der Waals surface area contributed by atoms with Crippen LogP contribution >= 0.6 is 31.8 Å². The van der Waals surface area contributed by atoms with Crippen LogP contribution in [0, 0.1) is 23.7 Å². The van der Waals surface area contributed by atoms with E-state index in [1.54, 1.807) is 38.6 Å². The lowest BCUT2D eigenvalue weighted by Gasteiger charge is -2.51. The summed E-state index contributed by atoms with van der Waals surface area (Å²) in [4.78, 5) is 28.5. The van der Waals surface area contributed by atoms with Gasteiger partial charge in [-0.2, -0.15) is 0 Å². The van der Waals surface area contributed by atoms with Gasteiger partial charge < -0.3 is 34.8 Å². The summed E-state index contributed by atoms with van der Waals surface area (Å²) in [6, 6.07) is -0.705. The van der Waals surface area contributed by atoms with Crippen molar-refractivity contribution in [2.24, 2.45) is 23.7 Å². The first-order valence-corrected chi connectivity index (χ1v) is 16.6. The topological polar surface area (TPSA) is 150 Å². The standard InChI is InChI=1S/C26H40N3O9PS2/c1-13-16(30)7-15-14-8-17-22(36-12-35-17)20(31)18(14)23(32)27-19(15)21(13)37-39(33,34)38-26(4,5)9-25(2,3)29-10-28(6)24(40)41-11-29/h8,13-16,18-19,21,30-31H,7,9-12H2,1-6H3,(H,27,32)(H,33,34)/t13-,14?,15?,16+,18?,19-,21-/m1/s1. The van der Waals surface area contributed by atoms with Crippen molar-refractivity contribution in [3.63, 3.8) is 0 Å². The summed E-state index contributed by atoms with van der Waals surface area (Å²) in [5.74, 6) is -1.90. The fourth-order valence-electron chi connectivity index (χ4n) is 6.95. The molecule has 0 aromatic carbocycles. The molecule has 5 rings (SSSR count). The molecule has 0 aromatic heterocycles. The quantitative estimate of drug-likeness (QED) is 0.241. The Bertz CT molecular complexity index is 1210. The maximum Gasteiger partial charge on any atom is 0.473 e. The SMILES string of the molecule is C[C@H]1[C@@H](OP(=O)(O)OC(C)(C)CC(C)(C)N2CSC(=S)N(C)C2)[C@@H]2NC(=O)C3C(O)=C4OCOC4=CC3C2C[C@@H]1O. The first-order valence-electron chi connectivity index (χ1n) is 13.7. The number of amides is 1. The molecule has 4 unspecified atom stereocenters. The molecule has 1 saturated carbocycles. The summed E-state index contributed by atoms with van der Waals surface area (Å²) in [7, 11) is -2.75. The minimum absolute atomic E-state index is 0.0653. The van der Waals surface area contributed by atoms with E-state index in [2.05, 4.69) is 24.1 Å². The van der Waals surface area contributed by atoms with Crippen LogP contribution in [0.4, 0.5) is 0 Å². The van der Waals surface area contributed by atoms with E-state index >= 15 is 0 Å². The molecule has 5 aliphatic rings. The van der Waals surface area contributed by atoms with Crippen molar-refractivity contribution in [2.45, 2.75) is 76.9 Å². The van der Waals surface area contributed by atoms with Crippen LogP contribution in [0.1, 0.15) is 47.5 Å². The summed E-state index contributed by atoms with van der Waals surface area (Å²) in [5, 5.41) is 24.7. The minimum atomic E-state index is -4.68. The molecule has 4 fully saturated rings. The lowest BCUT2D eigenvalue weighted by atomic mass is 9.62. The van der Waals surface area contributed by atoms with Gasteiger partial charge in [-0.15, -0.1) is 0 Å². The molecule has 3 aliphatic heterocycles. The lowest BCUT2D eigenvalue weighted by molar-refractivity contribution is -0.142. The number of thiocarbonyl (C=S) groups is 1. The van der Waals surface area contributed by atoms with Crippen molar-refractivity contribution in [1.82, 2.24) is 15.1 Å². The number of hydrogen-bond acceptors (Lipinski definition) is 11. The zero-order chi connectivity index (χ0) is 30.1. The van der Waals surface area contributed by atoms with E-state index in [0.29, 0.717) is 31.1 Å². The second-order valence-corrected chi connectivity index (χ2v) is 15.8. The molecular weight excluding hydrogens is 593 g/mol. The number of allylic oxidation sites excluding steroid dienone is 1. The third-order valence-electron chi connectivity index (χ3n) is 8.81. The van der Waals surface area contributed by atoms with Gasteiger partial charge >= 0.3 is 7.82 Å². The van der Waals surface area contributed by atoms with Crippen LogP contribution < -0.4 is 5.32 Å². The average Bonchev–Trinajstić information content (AvgIpc) is 3.32. The van der Waals surface area contributed by atoms with Gasteiger partial charge in [0.15, 0.2) is 11.5 Å². The third-order valence-corrected chi connectivity index (χ3v) is 11.7. The number of hydrogen-bond donors (Lipinski definition) is 4. The van der Waals surface area contributed by atoms with Gasteiger partial charge in [0.05, 0.1) is 36.4 Å². The van der Waals surface area contributed by atoms with E-state index in [9.17, 15) is 24.5 Å². The monoisotopic (exact) mass is 633 g/mol. The largest absolute Gasteiger partial charge is 0.507 e. The molecule has 12 nitrogen and oxygen atoms in total. The Morgan fingerprint density at radius 1 is 1.29 bits per heavy atom. The first-order chi connectivity index (χ1) is 19.0. The summed E-state index contributed by atoms with van der Waals surface area (Å²) in [6.07, 6.45) is 0.547. The van der Waals surface area contributed by atoms with Gasteiger partial charge in [0.2, 0.25) is 18.5 Å². The maximum atomic E-state index is 13.5. The lowest BCUT2D eigenvalue weighted by Crippen LogP contribution is -2.65. The van der Waals surface area contributed by atoms with Crippen LogP contribution in [0.25, 0.3) is 0 Å². The van der Waals surface area contributed by atoms with Crippen molar-refractivity contribution < 1.29 is 43.0 Å². The fraction of sp³-hybridized carbons (Fsp3) is 0.769. The average molecular weight is 634 g/mol. The Hall–Kier alpha value is -1.38. The molecule has 230 valence electrons. The van der Waals surface area contributed by atoms with Gasteiger partial charge in [-0.1, -0.05) is 30.9 Å². The predicted octanol–water partition coefficient (Wildman–Crippen LogP) is 3.04. The zero-order valence-electron chi connectivity index (χ0n) is 24.1. The number of nitrogens with one attached hydrogen (secondary N) is 1. The van der Waals surface area contributed by atoms with Gasteiger partial charge in [0.25, 0.3) is 0 Å². The summed E-state index contributed by atoms with van der Waals surface area (Å²) < 4.78 is 36.8. The molecular formula is C26H40N3O9PS2. The highest BCUT2D eigenvalue weighted by atomic mass is 32.2. The predicted molar refractivity (Wildman–Crippen MR) is 155 cm³/mol. The number of aliphatic hydroxyl groups excluding tert-OH is 2. The van der Waals surface area contributed by atoms with Gasteiger partial charge in [-0.3, -0.25) is 18.7 Å². The van der Waals surface area contributed by atoms with Crippen LogP contribution in [0.15, 0.2) is 23.4 Å². The molecule has 41 heavy (non-hydrogen) atoms. The van der Waals surface area contributed by atoms with Gasteiger partial charge in [-0.05, 0) is 52.5 Å². The Kier molecular flexibility index (Phi) is 8.30. The molecule has 3 heterocycles. The highest BCUT2D eigenvalue weighted by Gasteiger charge is 2.57. The number of aliphatic hydroxyl groups is 2. The van der Waals surface area contributed by atoms with Crippen molar-refractivity contribution in [3.8, 4) is 0 Å². The molecule has 1 amide bonds. The zero-order valence-corrected chi connectivity index (χ0v) is 26.6. The van der Waals surface area contributed by atoms with Crippen LogP contribution in [-0.2, 0) is 27.9 Å². The number of phosphoric ester groups is 1. The molecule has 15 heteroatoms. The third kappa shape index (κ3) is 6.04. The number of rotatable bonds is 7. The molecule has 0 spiro atoms. The summed E-state index contributed by atoms with van der Waals surface area (Å²) >= 11 is 6.93. The van der Waals surface area contributed by atoms with E-state index in [1.807, 2.05) is 11.9 Å². The van der Waals surface area contributed by atoms with Gasteiger partial charge in [0, 0.05) is 24.4 Å². The summed E-state index contributed by atoms with van der Waals surface area (Å²) in [5.41, 5.74) is -1.46. The maximum absolute atomic E-state index is 13.5. The highest BCUT2D eigenvalue weighted by molar-refractivity contribution is 8.22. The molecule has 4 N–H and O–H groups in total. The van der Waals surface area contributed by atoms with E-state index < -0.39 is 66.8 Å². The smallest absolute Gasteiger partial charge is 0.473 e. The molecule has 2 aliphatic carbocycles. The Balaban J connectivity index is 1.32. The van der Waals surface area contributed by atoms with Crippen molar-refractivity contribution in [3.05, 3.63) is 23.4 Å². The molecule has 0 radical (unpaired) electrons. The van der Waals surface area contributed by atoms with E-state index in [1.165, 1.54) is 0 Å². The number of nitrogens with zero attached hydrogens (tertiary/aromatic N) is 2. The number of phosphoric acid groups is 1. The van der Waals surface area contributed by atoms with Crippen LogP contribution in [0.3, 0.4) is 0 Å². The number of carbonyl (C=O) groups is 1. The first kappa shape index (κ1) is 31.1. The van der Waals surface area contributed by atoms with Crippen molar-refractivity contribution in [1.29, 1.82) is 0 Å². The van der Waals surface area contributed by atoms with Crippen LogP contribution in [0.5, 0.6) is 0 Å². The number of piperidine rings is 1. The highest BCUT2D eigenvalue weighted by Crippen LogP contribution is 2.55. The summed E-state index contributed by atoms with van der Waals surface area (Å²) in [6.45, 7) is 9.87. The van der Waals surface area contributed by atoms with Crippen LogP contribution in [-0.4, -0.2) is 90.9 Å². The van der Waals surface area contributed by atoms with E-state index in [-0.39, 0.29) is 18.3 Å². The Morgan fingerprint density at radius 3 is 2.68 bits per heavy atom. The number of fused-ring (bicyclic) bond motifs is 4. The van der Waals surface area contributed by atoms with E-state index in [4.69, 9.17) is 30.7 Å². The number of carbonyl (C=O) groups excluding carboxylic acids is 1. The molecule has 8 atom stereocenters. The second kappa shape index (κ2) is 11.0. The Labute approximate surface area is 250 Å². The van der Waals surface area contributed by atoms with Gasteiger partial charge in [0.1, 0.15) is 10.2 Å². The second-order valence-electron chi connectivity index (χ2n) is 12.9. The Morgan fingerprint density at radius 2 is 2.00 bits per heavy atom. The molecule has 0 aromatic rings. The normalized spacial score (nSPS) is 35.9.